The first-order chi connectivity index (χ1) is 16.3. The Labute approximate surface area is 196 Å². The van der Waals surface area contributed by atoms with Crippen molar-refractivity contribution in [2.75, 3.05) is 19.1 Å². The third kappa shape index (κ3) is 4.00. The number of alkyl halides is 3. The molecule has 0 aromatic heterocycles. The highest BCUT2D eigenvalue weighted by Crippen LogP contribution is 2.59. The van der Waals surface area contributed by atoms with Crippen LogP contribution in [0.3, 0.4) is 0 Å². The van der Waals surface area contributed by atoms with Gasteiger partial charge in [-0.2, -0.15) is 13.2 Å². The summed E-state index contributed by atoms with van der Waals surface area (Å²) in [5, 5.41) is 0. The third-order valence-corrected chi connectivity index (χ3v) is 6.47. The molecule has 1 aliphatic heterocycles. The zero-order chi connectivity index (χ0) is 24.3. The molecule has 4 nitrogen and oxygen atoms in total. The number of hydrogen-bond donors (Lipinski definition) is 0. The second-order valence-corrected chi connectivity index (χ2v) is 8.29. The van der Waals surface area contributed by atoms with Crippen LogP contribution in [-0.2, 0) is 16.8 Å². The lowest BCUT2D eigenvalue weighted by Crippen LogP contribution is -2.75. The van der Waals surface area contributed by atoms with Crippen molar-refractivity contribution < 1.29 is 27.4 Å². The Hall–Kier alpha value is -3.48. The summed E-state index contributed by atoms with van der Waals surface area (Å²) in [6.07, 6.45) is -3.52. The van der Waals surface area contributed by atoms with Crippen LogP contribution in [0.25, 0.3) is 0 Å². The van der Waals surface area contributed by atoms with Gasteiger partial charge in [0.05, 0.1) is 20.1 Å². The number of β-lactam (4-membered cyclic amide) rings is 1. The van der Waals surface area contributed by atoms with Gasteiger partial charge in [0.1, 0.15) is 11.5 Å². The van der Waals surface area contributed by atoms with Gasteiger partial charge in [0.15, 0.2) is 5.54 Å². The maximum absolute atomic E-state index is 15.0. The van der Waals surface area contributed by atoms with Gasteiger partial charge in [-0.15, -0.1) is 0 Å². The second-order valence-electron chi connectivity index (χ2n) is 8.29. The van der Waals surface area contributed by atoms with E-state index >= 15 is 13.2 Å². The number of ether oxygens (including phenoxy) is 2. The number of halogens is 3. The molecule has 1 saturated heterocycles. The first-order valence-corrected chi connectivity index (χ1v) is 11.1. The maximum Gasteiger partial charge on any atom is 0.417 e. The molecule has 1 aliphatic rings. The minimum atomic E-state index is -4.70. The first kappa shape index (κ1) is 23.7. The average molecular weight is 470 g/mol. The van der Waals surface area contributed by atoms with E-state index in [1.165, 1.54) is 50.6 Å². The molecule has 2 atom stereocenters. The van der Waals surface area contributed by atoms with Gasteiger partial charge in [0.2, 0.25) is 5.91 Å². The fourth-order valence-electron chi connectivity index (χ4n) is 4.81. The number of carbonyl (C=O) groups excluding carboxylic acids is 1. The van der Waals surface area contributed by atoms with Crippen molar-refractivity contribution in [2.45, 2.75) is 31.0 Å². The monoisotopic (exact) mass is 469 g/mol. The van der Waals surface area contributed by atoms with Gasteiger partial charge in [0, 0.05) is 5.69 Å². The third-order valence-electron chi connectivity index (χ3n) is 6.47. The molecule has 0 spiro atoms. The van der Waals surface area contributed by atoms with Crippen LogP contribution in [0.4, 0.5) is 18.9 Å². The lowest BCUT2D eigenvalue weighted by molar-refractivity contribution is -0.226. The lowest BCUT2D eigenvalue weighted by atomic mass is 9.65. The van der Waals surface area contributed by atoms with Gasteiger partial charge in [-0.3, -0.25) is 9.69 Å². The van der Waals surface area contributed by atoms with Crippen molar-refractivity contribution in [1.29, 1.82) is 0 Å². The summed E-state index contributed by atoms with van der Waals surface area (Å²) in [6.45, 7) is 0. The maximum atomic E-state index is 15.0. The summed E-state index contributed by atoms with van der Waals surface area (Å²) >= 11 is 0. The van der Waals surface area contributed by atoms with E-state index in [4.69, 9.17) is 9.47 Å². The molecular weight excluding hydrogens is 443 g/mol. The second kappa shape index (κ2) is 9.41. The highest BCUT2D eigenvalue weighted by molar-refractivity contribution is 6.05. The Bertz CT molecular complexity index is 1110. The number of benzene rings is 3. The van der Waals surface area contributed by atoms with E-state index in [0.717, 1.165) is 10.5 Å². The van der Waals surface area contributed by atoms with E-state index < -0.39 is 23.5 Å². The van der Waals surface area contributed by atoms with Crippen molar-refractivity contribution in [2.24, 2.45) is 5.92 Å². The predicted molar refractivity (Wildman–Crippen MR) is 124 cm³/mol. The molecule has 0 radical (unpaired) electrons. The SMILES string of the molecule is COc1ccc(N2C(=O)C(CCCc3ccccc3)C2(c2ccc(OC)cc2)C(F)(F)F)cc1. The van der Waals surface area contributed by atoms with Gasteiger partial charge >= 0.3 is 6.18 Å². The predicted octanol–water partition coefficient (Wildman–Crippen LogP) is 6.15. The van der Waals surface area contributed by atoms with Crippen LogP contribution < -0.4 is 14.4 Å². The summed E-state index contributed by atoms with van der Waals surface area (Å²) in [7, 11) is 2.93. The van der Waals surface area contributed by atoms with Gasteiger partial charge in [-0.05, 0) is 66.8 Å². The van der Waals surface area contributed by atoms with Gasteiger partial charge in [-0.1, -0.05) is 42.5 Å². The minimum absolute atomic E-state index is 0.0147. The summed E-state index contributed by atoms with van der Waals surface area (Å²) in [4.78, 5) is 14.2. The number of methoxy groups -OCH3 is 2. The Balaban J connectivity index is 1.74. The molecule has 0 bridgehead atoms. The molecule has 4 rings (SSSR count). The number of anilines is 1. The van der Waals surface area contributed by atoms with Crippen LogP contribution in [0.15, 0.2) is 78.9 Å². The molecule has 1 heterocycles. The Morgan fingerprint density at radius 2 is 1.41 bits per heavy atom. The molecule has 1 amide bonds. The zero-order valence-corrected chi connectivity index (χ0v) is 19.0. The molecule has 178 valence electrons. The number of aryl methyl sites for hydroxylation is 1. The van der Waals surface area contributed by atoms with Gasteiger partial charge in [0.25, 0.3) is 0 Å². The van der Waals surface area contributed by atoms with E-state index in [-0.39, 0.29) is 17.7 Å². The molecular formula is C27H26F3NO3. The summed E-state index contributed by atoms with van der Waals surface area (Å²) in [5.74, 6) is -0.820. The zero-order valence-electron chi connectivity index (χ0n) is 19.0. The number of amides is 1. The number of carbonyl (C=O) groups is 1. The fraction of sp³-hybridized carbons (Fsp3) is 0.296. The van der Waals surface area contributed by atoms with E-state index in [9.17, 15) is 4.79 Å². The molecule has 1 fully saturated rings. The first-order valence-electron chi connectivity index (χ1n) is 11.1. The molecule has 34 heavy (non-hydrogen) atoms. The van der Waals surface area contributed by atoms with Crippen molar-refractivity contribution >= 4 is 11.6 Å². The highest BCUT2D eigenvalue weighted by atomic mass is 19.4. The van der Waals surface area contributed by atoms with Crippen LogP contribution in [-0.4, -0.2) is 26.3 Å². The number of hydrogen-bond acceptors (Lipinski definition) is 3. The quantitative estimate of drug-likeness (QED) is 0.372. The van der Waals surface area contributed by atoms with E-state index in [1.807, 2.05) is 30.3 Å². The average Bonchev–Trinajstić information content (AvgIpc) is 2.85. The summed E-state index contributed by atoms with van der Waals surface area (Å²) in [6, 6.07) is 21.4. The Kier molecular flexibility index (Phi) is 6.55. The Morgan fingerprint density at radius 1 is 0.853 bits per heavy atom. The van der Waals surface area contributed by atoms with Crippen LogP contribution in [0.1, 0.15) is 24.0 Å². The van der Waals surface area contributed by atoms with E-state index in [0.29, 0.717) is 24.3 Å². The molecule has 3 aromatic rings. The van der Waals surface area contributed by atoms with E-state index in [1.54, 1.807) is 12.1 Å². The van der Waals surface area contributed by atoms with Crippen molar-refractivity contribution in [3.63, 3.8) is 0 Å². The normalized spacial score (nSPS) is 20.1. The van der Waals surface area contributed by atoms with Gasteiger partial charge < -0.3 is 9.47 Å². The molecule has 0 aliphatic carbocycles. The fourth-order valence-corrected chi connectivity index (χ4v) is 4.81. The van der Waals surface area contributed by atoms with Crippen LogP contribution >= 0.6 is 0 Å². The van der Waals surface area contributed by atoms with Crippen LogP contribution in [0.2, 0.25) is 0 Å². The van der Waals surface area contributed by atoms with Gasteiger partial charge in [-0.25, -0.2) is 0 Å². The number of nitrogens with zero attached hydrogens (tertiary/aromatic N) is 1. The minimum Gasteiger partial charge on any atom is -0.497 e. The largest absolute Gasteiger partial charge is 0.497 e. The van der Waals surface area contributed by atoms with E-state index in [2.05, 4.69) is 0 Å². The topological polar surface area (TPSA) is 38.8 Å². The van der Waals surface area contributed by atoms with Crippen molar-refractivity contribution in [3.05, 3.63) is 90.0 Å². The smallest absolute Gasteiger partial charge is 0.417 e. The lowest BCUT2D eigenvalue weighted by Gasteiger charge is -2.58. The molecule has 3 aromatic carbocycles. The number of rotatable bonds is 8. The molecule has 0 saturated carbocycles. The Morgan fingerprint density at radius 3 is 1.94 bits per heavy atom. The van der Waals surface area contributed by atoms with Crippen LogP contribution in [0, 0.1) is 5.92 Å². The molecule has 7 heteroatoms. The van der Waals surface area contributed by atoms with Crippen molar-refractivity contribution in [1.82, 2.24) is 0 Å². The summed E-state index contributed by atoms with van der Waals surface area (Å²) < 4.78 is 55.4. The molecule has 2 unspecified atom stereocenters. The molecule has 0 N–H and O–H groups in total. The highest BCUT2D eigenvalue weighted by Gasteiger charge is 2.74. The standard InChI is InChI=1S/C27H26F3NO3/c1-33-22-15-11-20(12-16-22)26(27(28,29)30)24(10-6-9-19-7-4-3-5-8-19)25(32)31(26)21-13-17-23(34-2)18-14-21/h3-5,7-8,11-18,24H,6,9-10H2,1-2H3. The van der Waals surface area contributed by atoms with Crippen LogP contribution in [0.5, 0.6) is 11.5 Å². The van der Waals surface area contributed by atoms with Crippen molar-refractivity contribution in [3.8, 4) is 11.5 Å². The summed E-state index contributed by atoms with van der Waals surface area (Å²) in [5.41, 5.74) is -1.25.